The van der Waals surface area contributed by atoms with Crippen LogP contribution in [-0.2, 0) is 26.6 Å². The van der Waals surface area contributed by atoms with Crippen molar-refractivity contribution in [2.75, 3.05) is 12.5 Å². The second-order valence-electron chi connectivity index (χ2n) is 9.32. The molecule has 36 heavy (non-hydrogen) atoms. The van der Waals surface area contributed by atoms with Gasteiger partial charge >= 0.3 is 0 Å². The molecule has 2 N–H and O–H groups in total. The molecule has 0 spiro atoms. The number of carbonyl (C=O) groups excluding carboxylic acids is 3. The van der Waals surface area contributed by atoms with Crippen molar-refractivity contribution in [3.05, 3.63) is 47.9 Å². The minimum atomic E-state index is -0.737. The van der Waals surface area contributed by atoms with Crippen molar-refractivity contribution in [1.29, 1.82) is 0 Å². The van der Waals surface area contributed by atoms with Gasteiger partial charge in [0.1, 0.15) is 11.8 Å². The molecule has 3 rings (SSSR count). The van der Waals surface area contributed by atoms with Crippen LogP contribution in [0, 0.1) is 5.92 Å². The zero-order valence-corrected chi connectivity index (χ0v) is 22.0. The third-order valence-electron chi connectivity index (χ3n) is 5.81. The van der Waals surface area contributed by atoms with Crippen LogP contribution in [-0.4, -0.2) is 42.2 Å². The van der Waals surface area contributed by atoms with Gasteiger partial charge in [0.05, 0.1) is 30.2 Å². The van der Waals surface area contributed by atoms with Crippen LogP contribution in [0.3, 0.4) is 0 Å². The van der Waals surface area contributed by atoms with Crippen LogP contribution in [0.5, 0.6) is 11.5 Å². The predicted molar refractivity (Wildman–Crippen MR) is 139 cm³/mol. The van der Waals surface area contributed by atoms with Crippen LogP contribution in [0.4, 0.5) is 0 Å². The second kappa shape index (κ2) is 14.0. The van der Waals surface area contributed by atoms with Gasteiger partial charge in [0, 0.05) is 5.56 Å². The molecular formula is C27H36N2O6S. The van der Waals surface area contributed by atoms with E-state index in [0.717, 1.165) is 18.6 Å². The molecule has 1 aliphatic heterocycles. The molecule has 0 saturated heterocycles. The lowest BCUT2D eigenvalue weighted by Crippen LogP contribution is -2.52. The van der Waals surface area contributed by atoms with Gasteiger partial charge in [0.15, 0.2) is 17.3 Å². The van der Waals surface area contributed by atoms with Crippen LogP contribution in [0.1, 0.15) is 57.8 Å². The molecule has 1 aliphatic rings. The molecule has 2 heterocycles. The zero-order valence-electron chi connectivity index (χ0n) is 21.2. The molecule has 9 heteroatoms. The Kier molecular flexibility index (Phi) is 10.7. The summed E-state index contributed by atoms with van der Waals surface area (Å²) in [7, 11) is 0. The summed E-state index contributed by atoms with van der Waals surface area (Å²) in [5.41, 5.74) is 0.704. The minimum Gasteiger partial charge on any atom is -0.468 e. The van der Waals surface area contributed by atoms with Crippen LogP contribution in [0.15, 0.2) is 41.0 Å². The average molecular weight is 517 g/mol. The molecule has 8 nitrogen and oxygen atoms in total. The maximum absolute atomic E-state index is 13.2. The first kappa shape index (κ1) is 27.6. The number of ketones is 1. The van der Waals surface area contributed by atoms with Crippen molar-refractivity contribution in [1.82, 2.24) is 10.6 Å². The van der Waals surface area contributed by atoms with Gasteiger partial charge in [-0.25, -0.2) is 0 Å². The van der Waals surface area contributed by atoms with Crippen LogP contribution in [0.25, 0.3) is 0 Å². The highest BCUT2D eigenvalue weighted by molar-refractivity contribution is 7.99. The number of carbonyl (C=O) groups is 3. The summed E-state index contributed by atoms with van der Waals surface area (Å²) in [5.74, 6) is 2.38. The van der Waals surface area contributed by atoms with Gasteiger partial charge in [0.25, 0.3) is 0 Å². The van der Waals surface area contributed by atoms with E-state index < -0.39 is 12.1 Å². The quantitative estimate of drug-likeness (QED) is 0.364. The number of thioether (sulfide) groups is 1. The maximum atomic E-state index is 13.2. The number of rotatable bonds is 15. The maximum Gasteiger partial charge on any atom is 0.243 e. The normalized spacial score (nSPS) is 13.9. The van der Waals surface area contributed by atoms with E-state index in [0.29, 0.717) is 35.7 Å². The molecule has 0 radical (unpaired) electrons. The largest absolute Gasteiger partial charge is 0.468 e. The number of Topliss-reactive ketones (excluding diaryl/α,β-unsaturated/α-hetero) is 1. The highest BCUT2D eigenvalue weighted by Crippen LogP contribution is 2.35. The lowest BCUT2D eigenvalue weighted by atomic mass is 10.0. The summed E-state index contributed by atoms with van der Waals surface area (Å²) in [6.45, 7) is 6.16. The fraction of sp³-hybridized carbons (Fsp3) is 0.519. The Hall–Kier alpha value is -2.94. The minimum absolute atomic E-state index is 0.0278. The van der Waals surface area contributed by atoms with Crippen LogP contribution < -0.4 is 20.1 Å². The van der Waals surface area contributed by atoms with Crippen molar-refractivity contribution >= 4 is 29.4 Å². The SMILES string of the molecule is CCCC[C@H](NC(=O)[C@H](CC(C)C)NC(=O)Cc1cccc2c1OCO2)C(=O)CSCc1ccco1. The molecule has 2 aromatic rings. The molecule has 196 valence electrons. The van der Waals surface area contributed by atoms with Crippen molar-refractivity contribution in [2.24, 2.45) is 5.92 Å². The van der Waals surface area contributed by atoms with E-state index in [1.165, 1.54) is 11.8 Å². The van der Waals surface area contributed by atoms with Crippen LogP contribution >= 0.6 is 11.8 Å². The lowest BCUT2D eigenvalue weighted by molar-refractivity contribution is -0.131. The third kappa shape index (κ3) is 8.33. The first-order valence-corrected chi connectivity index (χ1v) is 13.6. The van der Waals surface area contributed by atoms with E-state index in [4.69, 9.17) is 13.9 Å². The van der Waals surface area contributed by atoms with Gasteiger partial charge in [-0.1, -0.05) is 45.7 Å². The molecule has 2 amide bonds. The summed E-state index contributed by atoms with van der Waals surface area (Å²) >= 11 is 1.46. The van der Waals surface area contributed by atoms with E-state index >= 15 is 0 Å². The van der Waals surface area contributed by atoms with Gasteiger partial charge in [-0.3, -0.25) is 14.4 Å². The molecular weight excluding hydrogens is 480 g/mol. The summed E-state index contributed by atoms with van der Waals surface area (Å²) in [5, 5.41) is 5.80. The van der Waals surface area contributed by atoms with E-state index in [9.17, 15) is 14.4 Å². The highest BCUT2D eigenvalue weighted by Gasteiger charge is 2.28. The van der Waals surface area contributed by atoms with Gasteiger partial charge in [-0.2, -0.15) is 0 Å². The summed E-state index contributed by atoms with van der Waals surface area (Å²) in [4.78, 5) is 39.1. The summed E-state index contributed by atoms with van der Waals surface area (Å²) in [6, 6.07) is 7.77. The smallest absolute Gasteiger partial charge is 0.243 e. The van der Waals surface area contributed by atoms with Crippen molar-refractivity contribution < 1.29 is 28.3 Å². The van der Waals surface area contributed by atoms with Gasteiger partial charge in [-0.05, 0) is 37.0 Å². The summed E-state index contributed by atoms with van der Waals surface area (Å²) < 4.78 is 16.2. The molecule has 2 atom stereocenters. The number of para-hydroxylation sites is 1. The Morgan fingerprint density at radius 1 is 1.06 bits per heavy atom. The molecule has 0 saturated carbocycles. The number of benzene rings is 1. The topological polar surface area (TPSA) is 107 Å². The number of unbranched alkanes of at least 4 members (excludes halogenated alkanes) is 1. The Bertz CT molecular complexity index is 1010. The first-order chi connectivity index (χ1) is 17.4. The molecule has 0 aliphatic carbocycles. The second-order valence-corrected chi connectivity index (χ2v) is 10.3. The van der Waals surface area contributed by atoms with E-state index in [1.807, 2.05) is 45.0 Å². The van der Waals surface area contributed by atoms with Crippen molar-refractivity contribution in [3.8, 4) is 11.5 Å². The van der Waals surface area contributed by atoms with Gasteiger partial charge < -0.3 is 24.5 Å². The number of hydrogen-bond donors (Lipinski definition) is 2. The van der Waals surface area contributed by atoms with Gasteiger partial charge in [0.2, 0.25) is 18.6 Å². The molecule has 1 aromatic carbocycles. The van der Waals surface area contributed by atoms with Crippen molar-refractivity contribution in [3.63, 3.8) is 0 Å². The number of hydrogen-bond acceptors (Lipinski definition) is 7. The van der Waals surface area contributed by atoms with Gasteiger partial charge in [-0.15, -0.1) is 11.8 Å². The van der Waals surface area contributed by atoms with E-state index in [-0.39, 0.29) is 42.5 Å². The Balaban J connectivity index is 1.60. The van der Waals surface area contributed by atoms with E-state index in [2.05, 4.69) is 10.6 Å². The Morgan fingerprint density at radius 2 is 1.89 bits per heavy atom. The highest BCUT2D eigenvalue weighted by atomic mass is 32.2. The number of amides is 2. The fourth-order valence-corrected chi connectivity index (χ4v) is 4.86. The number of furan rings is 1. The fourth-order valence-electron chi connectivity index (χ4n) is 3.99. The van der Waals surface area contributed by atoms with E-state index in [1.54, 1.807) is 12.3 Å². The zero-order chi connectivity index (χ0) is 25.9. The molecule has 0 unspecified atom stereocenters. The molecule has 0 fully saturated rings. The van der Waals surface area contributed by atoms with Crippen LogP contribution in [0.2, 0.25) is 0 Å². The number of fused-ring (bicyclic) bond motifs is 1. The average Bonchev–Trinajstić information content (AvgIpc) is 3.53. The Labute approximate surface area is 216 Å². The molecule has 1 aromatic heterocycles. The summed E-state index contributed by atoms with van der Waals surface area (Å²) in [6.07, 6.45) is 4.44. The lowest BCUT2D eigenvalue weighted by Gasteiger charge is -2.24. The van der Waals surface area contributed by atoms with Crippen molar-refractivity contribution in [2.45, 2.75) is 70.7 Å². The predicted octanol–water partition coefficient (Wildman–Crippen LogP) is 4.26. The Morgan fingerprint density at radius 3 is 2.61 bits per heavy atom. The third-order valence-corrected chi connectivity index (χ3v) is 6.79. The standard InChI is InChI=1S/C27H36N2O6S/c1-4-5-10-21(23(30)16-36-15-20-9-7-12-33-20)29-27(32)22(13-18(2)3)28-25(31)14-19-8-6-11-24-26(19)35-17-34-24/h6-9,11-12,18,21-22H,4-5,10,13-17H2,1-3H3,(H,28,31)(H,29,32)/t21-,22-/m0/s1. The molecule has 0 bridgehead atoms. The monoisotopic (exact) mass is 516 g/mol. The number of ether oxygens (including phenoxy) is 2. The number of nitrogens with one attached hydrogen (secondary N) is 2. The first-order valence-electron chi connectivity index (χ1n) is 12.5.